The van der Waals surface area contributed by atoms with Crippen LogP contribution in [-0.4, -0.2) is 73.0 Å². The van der Waals surface area contributed by atoms with Crippen LogP contribution in [0.5, 0.6) is 0 Å². The molecule has 3 amide bonds. The highest BCUT2D eigenvalue weighted by molar-refractivity contribution is 6.05. The van der Waals surface area contributed by atoms with Crippen molar-refractivity contribution >= 4 is 17.7 Å². The van der Waals surface area contributed by atoms with Gasteiger partial charge < -0.3 is 15.0 Å². The number of amides is 3. The number of ether oxygens (including phenoxy) is 1. The topological polar surface area (TPSA) is 91.0 Å². The van der Waals surface area contributed by atoms with E-state index in [-0.39, 0.29) is 24.1 Å². The van der Waals surface area contributed by atoms with Crippen LogP contribution in [0, 0.1) is 0 Å². The second kappa shape index (κ2) is 7.98. The normalized spacial score (nSPS) is 23.0. The SMILES string of the molecule is COCCNC1CN(Cc2cccc3c2CN(C2CCC(=O)NC2=O)C3=O)C1. The number of nitrogens with zero attached hydrogens (tertiary/aromatic N) is 2. The van der Waals surface area contributed by atoms with Gasteiger partial charge in [0, 0.05) is 57.9 Å². The van der Waals surface area contributed by atoms with E-state index in [1.807, 2.05) is 12.1 Å². The number of carbonyl (C=O) groups excluding carboxylic acids is 3. The van der Waals surface area contributed by atoms with Gasteiger partial charge in [0.05, 0.1) is 6.61 Å². The molecule has 0 spiro atoms. The molecule has 0 bridgehead atoms. The van der Waals surface area contributed by atoms with E-state index < -0.39 is 6.04 Å². The van der Waals surface area contributed by atoms with Crippen LogP contribution < -0.4 is 10.6 Å². The highest BCUT2D eigenvalue weighted by Crippen LogP contribution is 2.31. The number of imide groups is 1. The minimum Gasteiger partial charge on any atom is -0.383 e. The fourth-order valence-corrected chi connectivity index (χ4v) is 4.23. The van der Waals surface area contributed by atoms with E-state index >= 15 is 0 Å². The smallest absolute Gasteiger partial charge is 0.255 e. The number of hydrogen-bond acceptors (Lipinski definition) is 6. The molecule has 3 heterocycles. The van der Waals surface area contributed by atoms with E-state index in [2.05, 4.69) is 21.6 Å². The van der Waals surface area contributed by atoms with Crippen molar-refractivity contribution in [2.45, 2.75) is 38.0 Å². The molecule has 8 heteroatoms. The van der Waals surface area contributed by atoms with Crippen molar-refractivity contribution in [1.82, 2.24) is 20.4 Å². The summed E-state index contributed by atoms with van der Waals surface area (Å²) in [6.07, 6.45) is 0.662. The lowest BCUT2D eigenvalue weighted by molar-refractivity contribution is -0.136. The van der Waals surface area contributed by atoms with Gasteiger partial charge >= 0.3 is 0 Å². The Morgan fingerprint density at radius 2 is 2.07 bits per heavy atom. The molecule has 3 aliphatic heterocycles. The van der Waals surface area contributed by atoms with E-state index in [1.165, 1.54) is 0 Å². The molecule has 2 N–H and O–H groups in total. The van der Waals surface area contributed by atoms with Crippen LogP contribution in [0.2, 0.25) is 0 Å². The van der Waals surface area contributed by atoms with Crippen LogP contribution in [0.4, 0.5) is 0 Å². The molecule has 0 aromatic heterocycles. The Morgan fingerprint density at radius 3 is 2.82 bits per heavy atom. The van der Waals surface area contributed by atoms with Crippen LogP contribution in [0.1, 0.15) is 34.3 Å². The van der Waals surface area contributed by atoms with Gasteiger partial charge in [0.25, 0.3) is 5.91 Å². The van der Waals surface area contributed by atoms with Crippen molar-refractivity contribution in [3.05, 3.63) is 34.9 Å². The molecule has 1 aromatic rings. The highest BCUT2D eigenvalue weighted by Gasteiger charge is 2.40. The van der Waals surface area contributed by atoms with Crippen LogP contribution in [-0.2, 0) is 27.4 Å². The summed E-state index contributed by atoms with van der Waals surface area (Å²) in [6, 6.07) is 5.72. The second-order valence-electron chi connectivity index (χ2n) is 7.68. The number of fused-ring (bicyclic) bond motifs is 1. The summed E-state index contributed by atoms with van der Waals surface area (Å²) in [5.41, 5.74) is 2.82. The summed E-state index contributed by atoms with van der Waals surface area (Å²) in [4.78, 5) is 40.4. The molecule has 0 radical (unpaired) electrons. The van der Waals surface area contributed by atoms with Gasteiger partial charge in [0.1, 0.15) is 6.04 Å². The molecule has 1 aromatic carbocycles. The molecule has 1 atom stereocenters. The van der Waals surface area contributed by atoms with Gasteiger partial charge in [0.15, 0.2) is 0 Å². The quantitative estimate of drug-likeness (QED) is 0.501. The van der Waals surface area contributed by atoms with Crippen LogP contribution in [0.25, 0.3) is 0 Å². The van der Waals surface area contributed by atoms with Crippen molar-refractivity contribution in [2.24, 2.45) is 0 Å². The van der Waals surface area contributed by atoms with Gasteiger partial charge in [-0.1, -0.05) is 12.1 Å². The van der Waals surface area contributed by atoms with E-state index in [0.29, 0.717) is 31.2 Å². The second-order valence-corrected chi connectivity index (χ2v) is 7.68. The average Bonchev–Trinajstić information content (AvgIpc) is 2.97. The third-order valence-electron chi connectivity index (χ3n) is 5.77. The molecule has 0 aliphatic carbocycles. The number of rotatable bonds is 7. The summed E-state index contributed by atoms with van der Waals surface area (Å²) in [5.74, 6) is -0.752. The first-order valence-corrected chi connectivity index (χ1v) is 9.77. The van der Waals surface area contributed by atoms with Crippen molar-refractivity contribution in [1.29, 1.82) is 0 Å². The standard InChI is InChI=1S/C20H26N4O4/c1-28-8-7-21-14-10-23(11-14)9-13-3-2-4-15-16(13)12-24(20(15)27)17-5-6-18(25)22-19(17)26/h2-4,14,17,21H,5-12H2,1H3,(H,22,25,26). The minimum atomic E-state index is -0.566. The lowest BCUT2D eigenvalue weighted by Crippen LogP contribution is -2.57. The molecular formula is C20H26N4O4. The third kappa shape index (κ3) is 3.67. The van der Waals surface area contributed by atoms with E-state index in [9.17, 15) is 14.4 Å². The molecular weight excluding hydrogens is 360 g/mol. The Balaban J connectivity index is 1.40. The molecule has 4 rings (SSSR count). The van der Waals surface area contributed by atoms with Crippen molar-refractivity contribution < 1.29 is 19.1 Å². The molecule has 0 saturated carbocycles. The van der Waals surface area contributed by atoms with E-state index in [1.54, 1.807) is 12.0 Å². The number of benzene rings is 1. The van der Waals surface area contributed by atoms with Crippen molar-refractivity contribution in [2.75, 3.05) is 33.4 Å². The molecule has 8 nitrogen and oxygen atoms in total. The number of piperidine rings is 1. The number of nitrogens with one attached hydrogen (secondary N) is 2. The van der Waals surface area contributed by atoms with Crippen LogP contribution in [0.15, 0.2) is 18.2 Å². The Bertz CT molecular complexity index is 790. The maximum Gasteiger partial charge on any atom is 0.255 e. The lowest BCUT2D eigenvalue weighted by Gasteiger charge is -2.40. The summed E-state index contributed by atoms with van der Waals surface area (Å²) in [7, 11) is 1.70. The maximum absolute atomic E-state index is 12.9. The Kier molecular flexibility index (Phi) is 5.43. The summed E-state index contributed by atoms with van der Waals surface area (Å²) >= 11 is 0. The van der Waals surface area contributed by atoms with Gasteiger partial charge in [-0.15, -0.1) is 0 Å². The van der Waals surface area contributed by atoms with Crippen molar-refractivity contribution in [3.63, 3.8) is 0 Å². The van der Waals surface area contributed by atoms with Crippen LogP contribution in [0.3, 0.4) is 0 Å². The number of methoxy groups -OCH3 is 1. The van der Waals surface area contributed by atoms with Gasteiger partial charge in [-0.05, 0) is 23.6 Å². The Labute approximate surface area is 164 Å². The fraction of sp³-hybridized carbons (Fsp3) is 0.550. The Morgan fingerprint density at radius 1 is 1.25 bits per heavy atom. The minimum absolute atomic E-state index is 0.117. The summed E-state index contributed by atoms with van der Waals surface area (Å²) in [5, 5.41) is 5.80. The zero-order chi connectivity index (χ0) is 19.7. The summed E-state index contributed by atoms with van der Waals surface area (Å²) < 4.78 is 5.06. The maximum atomic E-state index is 12.9. The third-order valence-corrected chi connectivity index (χ3v) is 5.77. The molecule has 28 heavy (non-hydrogen) atoms. The Hall–Kier alpha value is -2.29. The molecule has 3 aliphatic rings. The van der Waals surface area contributed by atoms with E-state index in [0.717, 1.165) is 37.3 Å². The largest absolute Gasteiger partial charge is 0.383 e. The lowest BCUT2D eigenvalue weighted by atomic mass is 10.0. The van der Waals surface area contributed by atoms with E-state index in [4.69, 9.17) is 4.74 Å². The van der Waals surface area contributed by atoms with Gasteiger partial charge in [-0.3, -0.25) is 24.6 Å². The molecule has 2 saturated heterocycles. The first kappa shape index (κ1) is 19.0. The number of likely N-dealkylation sites (tertiary alicyclic amines) is 1. The van der Waals surface area contributed by atoms with Crippen molar-refractivity contribution in [3.8, 4) is 0 Å². The highest BCUT2D eigenvalue weighted by atomic mass is 16.5. The van der Waals surface area contributed by atoms with Gasteiger partial charge in [-0.2, -0.15) is 0 Å². The molecule has 150 valence electrons. The first-order valence-electron chi connectivity index (χ1n) is 9.77. The fourth-order valence-electron chi connectivity index (χ4n) is 4.23. The van der Waals surface area contributed by atoms with Crippen LogP contribution >= 0.6 is 0 Å². The molecule has 1 unspecified atom stereocenters. The zero-order valence-corrected chi connectivity index (χ0v) is 16.1. The number of hydrogen-bond donors (Lipinski definition) is 2. The predicted molar refractivity (Wildman–Crippen MR) is 101 cm³/mol. The summed E-state index contributed by atoms with van der Waals surface area (Å²) in [6.45, 7) is 4.73. The first-order chi connectivity index (χ1) is 13.6. The molecule has 2 fully saturated rings. The average molecular weight is 386 g/mol. The zero-order valence-electron chi connectivity index (χ0n) is 16.1. The predicted octanol–water partition coefficient (Wildman–Crippen LogP) is -0.132. The number of carbonyl (C=O) groups is 3. The monoisotopic (exact) mass is 386 g/mol. The van der Waals surface area contributed by atoms with Gasteiger partial charge in [-0.25, -0.2) is 0 Å². The van der Waals surface area contributed by atoms with Gasteiger partial charge in [0.2, 0.25) is 11.8 Å².